The Morgan fingerprint density at radius 2 is 1.86 bits per heavy atom. The largest absolute Gasteiger partial charge is 0.481 e. The van der Waals surface area contributed by atoms with Crippen LogP contribution in [0.1, 0.15) is 0 Å². The minimum atomic E-state index is -1.05. The zero-order valence-electron chi connectivity index (χ0n) is 14.3. The Balaban J connectivity index is 2.02. The Bertz CT molecular complexity index is 1240. The highest BCUT2D eigenvalue weighted by Gasteiger charge is 2.20. The fourth-order valence-electron chi connectivity index (χ4n) is 2.87. The van der Waals surface area contributed by atoms with Gasteiger partial charge in [-0.2, -0.15) is 0 Å². The van der Waals surface area contributed by atoms with Gasteiger partial charge in [0.1, 0.15) is 10.6 Å². The van der Waals surface area contributed by atoms with E-state index >= 15 is 0 Å². The summed E-state index contributed by atoms with van der Waals surface area (Å²) in [6.07, 6.45) is 0. The second-order valence-electron chi connectivity index (χ2n) is 5.86. The second-order valence-corrected chi connectivity index (χ2v) is 7.66. The molecule has 0 unspecified atom stereocenters. The van der Waals surface area contributed by atoms with Gasteiger partial charge in [0.2, 0.25) is 0 Å². The van der Waals surface area contributed by atoms with Crippen LogP contribution in [-0.4, -0.2) is 26.4 Å². The van der Waals surface area contributed by atoms with Crippen molar-refractivity contribution in [3.63, 3.8) is 0 Å². The molecule has 140 valence electrons. The van der Waals surface area contributed by atoms with Gasteiger partial charge in [0.25, 0.3) is 5.56 Å². The summed E-state index contributed by atoms with van der Waals surface area (Å²) in [6.45, 7) is 0. The number of aliphatic carboxylic acids is 1. The normalized spacial score (nSPS) is 11.0. The van der Waals surface area contributed by atoms with E-state index in [0.29, 0.717) is 10.2 Å². The number of carboxylic acid groups (broad SMARTS) is 1. The lowest BCUT2D eigenvalue weighted by atomic mass is 10.1. The lowest BCUT2D eigenvalue weighted by Gasteiger charge is -2.12. The highest BCUT2D eigenvalue weighted by Crippen LogP contribution is 2.33. The molecular weight excluding hydrogens is 399 g/mol. The van der Waals surface area contributed by atoms with Gasteiger partial charge in [-0.1, -0.05) is 54.2 Å². The van der Waals surface area contributed by atoms with E-state index < -0.39 is 17.3 Å². The van der Waals surface area contributed by atoms with Gasteiger partial charge in [0, 0.05) is 10.9 Å². The van der Waals surface area contributed by atoms with Crippen molar-refractivity contribution in [1.82, 2.24) is 9.55 Å². The van der Waals surface area contributed by atoms with Crippen molar-refractivity contribution < 1.29 is 14.3 Å². The summed E-state index contributed by atoms with van der Waals surface area (Å²) in [5, 5.41) is 11.4. The van der Waals surface area contributed by atoms with Gasteiger partial charge in [-0.15, -0.1) is 11.3 Å². The number of benzene rings is 2. The van der Waals surface area contributed by atoms with Crippen LogP contribution in [0.25, 0.3) is 27.0 Å². The van der Waals surface area contributed by atoms with E-state index in [-0.39, 0.29) is 16.6 Å². The number of rotatable bonds is 5. The molecular formula is C20H13FN2O3S2. The lowest BCUT2D eigenvalue weighted by molar-refractivity contribution is -0.133. The van der Waals surface area contributed by atoms with Crippen molar-refractivity contribution in [2.24, 2.45) is 0 Å². The van der Waals surface area contributed by atoms with Crippen LogP contribution < -0.4 is 5.56 Å². The van der Waals surface area contributed by atoms with Crippen LogP contribution in [-0.2, 0) is 4.79 Å². The SMILES string of the molecule is O=C(O)CSc1nc2scc(-c3ccccc3)c2c(=O)n1-c1ccccc1F. The van der Waals surface area contributed by atoms with Crippen LogP contribution in [0.2, 0.25) is 0 Å². The monoisotopic (exact) mass is 412 g/mol. The molecule has 0 radical (unpaired) electrons. The summed E-state index contributed by atoms with van der Waals surface area (Å²) < 4.78 is 15.6. The summed E-state index contributed by atoms with van der Waals surface area (Å²) in [5.74, 6) is -1.92. The number of para-hydroxylation sites is 1. The number of fused-ring (bicyclic) bond motifs is 1. The molecule has 0 aliphatic heterocycles. The van der Waals surface area contributed by atoms with Crippen molar-refractivity contribution in [1.29, 1.82) is 0 Å². The number of hydrogen-bond acceptors (Lipinski definition) is 5. The van der Waals surface area contributed by atoms with Gasteiger partial charge in [-0.25, -0.2) is 9.37 Å². The summed E-state index contributed by atoms with van der Waals surface area (Å²) in [7, 11) is 0. The van der Waals surface area contributed by atoms with Crippen LogP contribution >= 0.6 is 23.1 Å². The molecule has 2 aromatic heterocycles. The molecule has 0 aliphatic rings. The zero-order chi connectivity index (χ0) is 19.7. The van der Waals surface area contributed by atoms with Gasteiger partial charge >= 0.3 is 5.97 Å². The van der Waals surface area contributed by atoms with Crippen LogP contribution in [0.4, 0.5) is 4.39 Å². The second kappa shape index (κ2) is 7.57. The highest BCUT2D eigenvalue weighted by atomic mass is 32.2. The van der Waals surface area contributed by atoms with Crippen molar-refractivity contribution >= 4 is 39.3 Å². The number of nitrogens with zero attached hydrogens (tertiary/aromatic N) is 2. The van der Waals surface area contributed by atoms with E-state index in [0.717, 1.165) is 27.5 Å². The average Bonchev–Trinajstić information content (AvgIpc) is 3.12. The Morgan fingerprint density at radius 1 is 1.14 bits per heavy atom. The predicted octanol–water partition coefficient (Wildman–Crippen LogP) is 4.43. The van der Waals surface area contributed by atoms with E-state index in [1.54, 1.807) is 6.07 Å². The van der Waals surface area contributed by atoms with Crippen molar-refractivity contribution in [2.45, 2.75) is 5.16 Å². The van der Waals surface area contributed by atoms with Crippen molar-refractivity contribution in [2.75, 3.05) is 5.75 Å². The maximum absolute atomic E-state index is 14.5. The first-order chi connectivity index (χ1) is 13.6. The van der Waals surface area contributed by atoms with Gasteiger partial charge in [-0.3, -0.25) is 14.2 Å². The fraction of sp³-hybridized carbons (Fsp3) is 0.0500. The Morgan fingerprint density at radius 3 is 2.57 bits per heavy atom. The van der Waals surface area contributed by atoms with E-state index in [4.69, 9.17) is 5.11 Å². The third kappa shape index (κ3) is 3.32. The van der Waals surface area contributed by atoms with E-state index in [1.165, 1.54) is 29.5 Å². The number of thioether (sulfide) groups is 1. The summed E-state index contributed by atoms with van der Waals surface area (Å²) in [5.41, 5.74) is 1.19. The molecule has 8 heteroatoms. The number of aromatic nitrogens is 2. The zero-order valence-corrected chi connectivity index (χ0v) is 16.0. The lowest BCUT2D eigenvalue weighted by Crippen LogP contribution is -2.23. The smallest absolute Gasteiger partial charge is 0.313 e. The molecule has 0 saturated carbocycles. The van der Waals surface area contributed by atoms with Crippen LogP contribution in [0.5, 0.6) is 0 Å². The minimum absolute atomic E-state index is 0.0417. The molecule has 1 N–H and O–H groups in total. The molecule has 28 heavy (non-hydrogen) atoms. The molecule has 2 aromatic carbocycles. The highest BCUT2D eigenvalue weighted by molar-refractivity contribution is 7.99. The fourth-order valence-corrected chi connectivity index (χ4v) is 4.59. The Kier molecular flexibility index (Phi) is 4.97. The first kappa shape index (κ1) is 18.4. The number of hydrogen-bond donors (Lipinski definition) is 1. The van der Waals surface area contributed by atoms with Gasteiger partial charge in [-0.05, 0) is 17.7 Å². The Labute approximate surface area is 167 Å². The quantitative estimate of drug-likeness (QED) is 0.388. The van der Waals surface area contributed by atoms with E-state index in [2.05, 4.69) is 4.98 Å². The van der Waals surface area contributed by atoms with Crippen LogP contribution in [0, 0.1) is 5.82 Å². The molecule has 5 nitrogen and oxygen atoms in total. The third-order valence-corrected chi connectivity index (χ3v) is 5.88. The van der Waals surface area contributed by atoms with Crippen molar-refractivity contribution in [3.05, 3.63) is 76.1 Å². The van der Waals surface area contributed by atoms with Crippen LogP contribution in [0.3, 0.4) is 0 Å². The maximum atomic E-state index is 14.5. The first-order valence-electron chi connectivity index (χ1n) is 8.25. The van der Waals surface area contributed by atoms with Gasteiger partial charge in [0.15, 0.2) is 5.16 Å². The topological polar surface area (TPSA) is 72.2 Å². The third-order valence-electron chi connectivity index (χ3n) is 4.08. The standard InChI is InChI=1S/C20H13FN2O3S2/c21-14-8-4-5-9-15(14)23-19(26)17-13(12-6-2-1-3-7-12)10-27-18(17)22-20(23)28-11-16(24)25/h1-10H,11H2,(H,24,25). The molecule has 0 spiro atoms. The molecule has 4 aromatic rings. The van der Waals surface area contributed by atoms with Gasteiger partial charge < -0.3 is 5.11 Å². The number of thiophene rings is 1. The molecule has 0 aliphatic carbocycles. The van der Waals surface area contributed by atoms with Crippen molar-refractivity contribution in [3.8, 4) is 16.8 Å². The first-order valence-corrected chi connectivity index (χ1v) is 10.1. The molecule has 0 amide bonds. The molecule has 0 fully saturated rings. The maximum Gasteiger partial charge on any atom is 0.313 e. The summed E-state index contributed by atoms with van der Waals surface area (Å²) >= 11 is 2.19. The number of carboxylic acids is 1. The average molecular weight is 412 g/mol. The predicted molar refractivity (Wildman–Crippen MR) is 109 cm³/mol. The molecule has 0 saturated heterocycles. The minimum Gasteiger partial charge on any atom is -0.481 e. The van der Waals surface area contributed by atoms with E-state index in [1.807, 2.05) is 35.7 Å². The molecule has 4 rings (SSSR count). The van der Waals surface area contributed by atoms with Crippen LogP contribution in [0.15, 0.2) is 69.9 Å². The molecule has 0 bridgehead atoms. The van der Waals surface area contributed by atoms with E-state index in [9.17, 15) is 14.0 Å². The Hall–Kier alpha value is -2.97. The van der Waals surface area contributed by atoms with Gasteiger partial charge in [0.05, 0.1) is 16.8 Å². The summed E-state index contributed by atoms with van der Waals surface area (Å²) in [6, 6.07) is 15.3. The summed E-state index contributed by atoms with van der Waals surface area (Å²) in [4.78, 5) is 29.4. The number of halogens is 1. The molecule has 0 atom stereocenters. The number of carbonyl (C=O) groups is 1. The molecule has 2 heterocycles.